The van der Waals surface area contributed by atoms with Crippen LogP contribution in [0.3, 0.4) is 0 Å². The number of rotatable bonds is 7. The Balaban J connectivity index is 1.06. The van der Waals surface area contributed by atoms with Crippen LogP contribution in [0.25, 0.3) is 15.7 Å². The molecule has 1 aromatic heterocycles. The van der Waals surface area contributed by atoms with Crippen molar-refractivity contribution in [2.75, 3.05) is 49.1 Å². The first kappa shape index (κ1) is 22.5. The first-order valence-corrected chi connectivity index (χ1v) is 12.6. The first-order chi connectivity index (χ1) is 16.7. The molecule has 0 spiro atoms. The van der Waals surface area contributed by atoms with Gasteiger partial charge in [-0.15, -0.1) is 0 Å². The molecule has 0 saturated carbocycles. The van der Waals surface area contributed by atoms with Crippen molar-refractivity contribution in [3.8, 4) is 0 Å². The van der Waals surface area contributed by atoms with Gasteiger partial charge in [0.25, 0.3) is 0 Å². The largest absolute Gasteiger partial charge is 0.369 e. The van der Waals surface area contributed by atoms with Crippen LogP contribution in [0.5, 0.6) is 0 Å². The molecule has 1 amide bonds. The molecule has 5 rings (SSSR count). The zero-order chi connectivity index (χ0) is 23.3. The summed E-state index contributed by atoms with van der Waals surface area (Å²) < 4.78 is 0. The monoisotopic (exact) mass is 455 g/mol. The number of unbranched alkanes of at least 4 members (excludes halogenated alkanes) is 1. The van der Waals surface area contributed by atoms with Crippen LogP contribution in [0, 0.1) is 6.57 Å². The highest BCUT2D eigenvalue weighted by Crippen LogP contribution is 2.26. The summed E-state index contributed by atoms with van der Waals surface area (Å²) in [6, 6.07) is 14.4. The van der Waals surface area contributed by atoms with Crippen molar-refractivity contribution in [3.63, 3.8) is 0 Å². The molecule has 3 heterocycles. The minimum absolute atomic E-state index is 0.255. The molecule has 3 aromatic rings. The predicted molar refractivity (Wildman–Crippen MR) is 139 cm³/mol. The van der Waals surface area contributed by atoms with Gasteiger partial charge in [0.2, 0.25) is 5.91 Å². The summed E-state index contributed by atoms with van der Waals surface area (Å²) in [5.74, 6) is 0.255. The van der Waals surface area contributed by atoms with Crippen molar-refractivity contribution in [2.45, 2.75) is 38.5 Å². The summed E-state index contributed by atoms with van der Waals surface area (Å²) in [4.78, 5) is 26.0. The third kappa shape index (κ3) is 4.95. The number of nitrogens with zero attached hydrogens (tertiary/aromatic N) is 4. The number of H-pyrrole nitrogens is 1. The van der Waals surface area contributed by atoms with E-state index < -0.39 is 0 Å². The standard InChI is InChI=1S/C28H33N5O/c1-29-23-8-13-27-26(20-23)22(21-30-27)6-2-4-14-31-16-18-32(19-17-31)24-9-11-25(12-10-24)33-15-5-3-7-28(33)34/h8-13,20-21,30H,2-7,14-19H2. The molecule has 0 aliphatic carbocycles. The fourth-order valence-electron chi connectivity index (χ4n) is 5.25. The molecule has 2 aliphatic rings. The van der Waals surface area contributed by atoms with Crippen LogP contribution in [0.1, 0.15) is 37.7 Å². The summed E-state index contributed by atoms with van der Waals surface area (Å²) in [5.41, 5.74) is 5.44. The Hall–Kier alpha value is -3.30. The number of amides is 1. The number of benzene rings is 2. The lowest BCUT2D eigenvalue weighted by molar-refractivity contribution is -0.119. The van der Waals surface area contributed by atoms with E-state index in [0.717, 1.165) is 76.2 Å². The number of piperidine rings is 1. The summed E-state index contributed by atoms with van der Waals surface area (Å²) in [6.07, 6.45) is 8.29. The van der Waals surface area contributed by atoms with E-state index in [1.54, 1.807) is 0 Å². The van der Waals surface area contributed by atoms with Crippen molar-refractivity contribution in [1.82, 2.24) is 9.88 Å². The molecular formula is C28H33N5O. The average molecular weight is 456 g/mol. The molecule has 2 saturated heterocycles. The number of hydrogen-bond acceptors (Lipinski definition) is 3. The lowest BCUT2D eigenvalue weighted by atomic mass is 10.1. The average Bonchev–Trinajstić information content (AvgIpc) is 3.29. The number of carbonyl (C=O) groups is 1. The normalized spacial score (nSPS) is 17.3. The van der Waals surface area contributed by atoms with Gasteiger partial charge < -0.3 is 14.8 Å². The van der Waals surface area contributed by atoms with Gasteiger partial charge in [-0.05, 0) is 86.0 Å². The van der Waals surface area contributed by atoms with Gasteiger partial charge in [-0.2, -0.15) is 0 Å². The van der Waals surface area contributed by atoms with Crippen molar-refractivity contribution in [1.29, 1.82) is 0 Å². The Morgan fingerprint density at radius 2 is 1.71 bits per heavy atom. The molecule has 0 unspecified atom stereocenters. The Labute approximate surface area is 202 Å². The second kappa shape index (κ2) is 10.3. The maximum atomic E-state index is 12.2. The predicted octanol–water partition coefficient (Wildman–Crippen LogP) is 5.38. The number of nitrogens with one attached hydrogen (secondary N) is 1. The van der Waals surface area contributed by atoms with E-state index in [4.69, 9.17) is 6.57 Å². The smallest absolute Gasteiger partial charge is 0.226 e. The summed E-state index contributed by atoms with van der Waals surface area (Å²) in [5, 5.41) is 1.19. The van der Waals surface area contributed by atoms with Gasteiger partial charge in [-0.25, -0.2) is 4.85 Å². The van der Waals surface area contributed by atoms with Crippen LogP contribution in [0.15, 0.2) is 48.7 Å². The van der Waals surface area contributed by atoms with Gasteiger partial charge in [0.1, 0.15) is 0 Å². The van der Waals surface area contributed by atoms with E-state index >= 15 is 0 Å². The fraction of sp³-hybridized carbons (Fsp3) is 0.429. The van der Waals surface area contributed by atoms with Crippen molar-refractivity contribution in [2.24, 2.45) is 0 Å². The van der Waals surface area contributed by atoms with Crippen LogP contribution in [0.4, 0.5) is 17.1 Å². The molecule has 2 aromatic carbocycles. The molecule has 0 bridgehead atoms. The maximum absolute atomic E-state index is 12.2. The van der Waals surface area contributed by atoms with E-state index in [1.165, 1.54) is 23.1 Å². The topological polar surface area (TPSA) is 46.9 Å². The highest BCUT2D eigenvalue weighted by Gasteiger charge is 2.21. The second-order valence-electron chi connectivity index (χ2n) is 9.46. The highest BCUT2D eigenvalue weighted by atomic mass is 16.2. The van der Waals surface area contributed by atoms with Crippen LogP contribution in [0.2, 0.25) is 0 Å². The Morgan fingerprint density at radius 1 is 0.912 bits per heavy atom. The molecule has 6 heteroatoms. The van der Waals surface area contributed by atoms with E-state index in [0.29, 0.717) is 12.1 Å². The SMILES string of the molecule is [C-]#[N+]c1ccc2[nH]cc(CCCCN3CCN(c4ccc(N5CCCCC5=O)cc4)CC3)c2c1. The molecule has 34 heavy (non-hydrogen) atoms. The van der Waals surface area contributed by atoms with E-state index in [1.807, 2.05) is 23.1 Å². The molecule has 1 N–H and O–H groups in total. The number of hydrogen-bond donors (Lipinski definition) is 1. The van der Waals surface area contributed by atoms with E-state index in [-0.39, 0.29) is 5.91 Å². The summed E-state index contributed by atoms with van der Waals surface area (Å²) >= 11 is 0. The number of carbonyl (C=O) groups excluding carboxylic acids is 1. The van der Waals surface area contributed by atoms with Crippen molar-refractivity contribution in [3.05, 3.63) is 65.6 Å². The summed E-state index contributed by atoms with van der Waals surface area (Å²) in [6.45, 7) is 13.5. The number of aryl methyl sites for hydroxylation is 1. The fourth-order valence-corrected chi connectivity index (χ4v) is 5.25. The maximum Gasteiger partial charge on any atom is 0.226 e. The Bertz CT molecular complexity index is 1170. The third-order valence-electron chi connectivity index (χ3n) is 7.27. The number of fused-ring (bicyclic) bond motifs is 1. The first-order valence-electron chi connectivity index (χ1n) is 12.6. The molecular weight excluding hydrogens is 422 g/mol. The van der Waals surface area contributed by atoms with Crippen LogP contribution in [-0.4, -0.2) is 55.1 Å². The number of aromatic amines is 1. The zero-order valence-electron chi connectivity index (χ0n) is 19.8. The van der Waals surface area contributed by atoms with Crippen LogP contribution >= 0.6 is 0 Å². The summed E-state index contributed by atoms with van der Waals surface area (Å²) in [7, 11) is 0. The van der Waals surface area contributed by atoms with Crippen molar-refractivity contribution < 1.29 is 4.79 Å². The molecule has 176 valence electrons. The van der Waals surface area contributed by atoms with Crippen LogP contribution in [-0.2, 0) is 11.2 Å². The lowest BCUT2D eigenvalue weighted by Gasteiger charge is -2.36. The van der Waals surface area contributed by atoms with Gasteiger partial charge in [0.15, 0.2) is 5.69 Å². The van der Waals surface area contributed by atoms with E-state index in [2.05, 4.69) is 50.1 Å². The molecule has 2 aliphatic heterocycles. The number of anilines is 2. The zero-order valence-corrected chi connectivity index (χ0v) is 19.8. The van der Waals surface area contributed by atoms with Gasteiger partial charge in [0, 0.05) is 62.2 Å². The minimum Gasteiger partial charge on any atom is -0.369 e. The lowest BCUT2D eigenvalue weighted by Crippen LogP contribution is -2.46. The number of aromatic nitrogens is 1. The van der Waals surface area contributed by atoms with Gasteiger partial charge >= 0.3 is 0 Å². The Morgan fingerprint density at radius 3 is 2.47 bits per heavy atom. The third-order valence-corrected chi connectivity index (χ3v) is 7.27. The number of piperazine rings is 1. The Kier molecular flexibility index (Phi) is 6.82. The molecule has 2 fully saturated rings. The molecule has 6 nitrogen and oxygen atoms in total. The second-order valence-corrected chi connectivity index (χ2v) is 9.46. The van der Waals surface area contributed by atoms with Gasteiger partial charge in [0.05, 0.1) is 6.57 Å². The minimum atomic E-state index is 0.255. The molecule has 0 radical (unpaired) electrons. The molecule has 0 atom stereocenters. The van der Waals surface area contributed by atoms with Crippen LogP contribution < -0.4 is 9.80 Å². The van der Waals surface area contributed by atoms with Gasteiger partial charge in [-0.1, -0.05) is 6.07 Å². The van der Waals surface area contributed by atoms with Crippen molar-refractivity contribution >= 4 is 33.9 Å². The quantitative estimate of drug-likeness (QED) is 0.384. The van der Waals surface area contributed by atoms with Gasteiger partial charge in [-0.3, -0.25) is 9.69 Å². The van der Waals surface area contributed by atoms with E-state index in [9.17, 15) is 4.79 Å². The highest BCUT2D eigenvalue weighted by molar-refractivity contribution is 5.94.